The molecule has 0 saturated heterocycles. The molecule has 10 nitrogen and oxygen atoms in total. The number of hydrogen-bond donors (Lipinski definition) is 6. The number of primary amides is 1. The number of carbonyl (C=O) groups excluding carboxylic acids is 1. The lowest BCUT2D eigenvalue weighted by Crippen LogP contribution is -2.44. The third kappa shape index (κ3) is 6.14. The van der Waals surface area contributed by atoms with E-state index in [-0.39, 0.29) is 28.7 Å². The van der Waals surface area contributed by atoms with E-state index in [9.17, 15) is 18.4 Å². The zero-order valence-electron chi connectivity index (χ0n) is 17.3. The van der Waals surface area contributed by atoms with Crippen LogP contribution in [0.1, 0.15) is 37.0 Å². The molecule has 12 heteroatoms. The fourth-order valence-electron chi connectivity index (χ4n) is 2.93. The highest BCUT2D eigenvalue weighted by Crippen LogP contribution is 2.26. The van der Waals surface area contributed by atoms with Crippen molar-refractivity contribution in [1.82, 2.24) is 15.3 Å². The zero-order chi connectivity index (χ0) is 23.1. The summed E-state index contributed by atoms with van der Waals surface area (Å²) in [6.07, 6.45) is 1.30. The minimum absolute atomic E-state index is 0.0254. The van der Waals surface area contributed by atoms with E-state index in [1.165, 1.54) is 13.2 Å². The summed E-state index contributed by atoms with van der Waals surface area (Å²) < 4.78 is 28.6. The minimum Gasteiger partial charge on any atom is -0.465 e. The molecule has 0 aliphatic carbocycles. The smallest absolute Gasteiger partial charge is 0.404 e. The van der Waals surface area contributed by atoms with Crippen LogP contribution in [-0.4, -0.2) is 46.2 Å². The predicted octanol–water partition coefficient (Wildman–Crippen LogP) is 2.88. The number of halogens is 2. The molecule has 0 bridgehead atoms. The van der Waals surface area contributed by atoms with E-state index in [1.807, 2.05) is 6.92 Å². The van der Waals surface area contributed by atoms with Gasteiger partial charge >= 0.3 is 6.09 Å². The summed E-state index contributed by atoms with van der Waals surface area (Å²) in [4.78, 5) is 30.7. The average molecular weight is 437 g/mol. The van der Waals surface area contributed by atoms with E-state index >= 15 is 0 Å². The predicted molar refractivity (Wildman–Crippen MR) is 113 cm³/mol. The normalized spacial score (nSPS) is 12.5. The van der Waals surface area contributed by atoms with Gasteiger partial charge in [-0.25, -0.2) is 23.5 Å². The van der Waals surface area contributed by atoms with Gasteiger partial charge in [-0.15, -0.1) is 0 Å². The Labute approximate surface area is 177 Å². The molecule has 0 unspecified atom stereocenters. The van der Waals surface area contributed by atoms with Gasteiger partial charge in [-0.05, 0) is 19.4 Å². The van der Waals surface area contributed by atoms with Crippen LogP contribution in [0.4, 0.5) is 36.7 Å². The Balaban J connectivity index is 2.40. The fraction of sp³-hybridized carbons (Fsp3) is 0.368. The van der Waals surface area contributed by atoms with Crippen molar-refractivity contribution in [1.29, 1.82) is 0 Å². The van der Waals surface area contributed by atoms with E-state index < -0.39 is 35.7 Å². The third-order valence-electron chi connectivity index (χ3n) is 4.46. The first-order chi connectivity index (χ1) is 14.7. The number of rotatable bonds is 10. The molecule has 0 radical (unpaired) electrons. The van der Waals surface area contributed by atoms with Crippen LogP contribution in [0.3, 0.4) is 0 Å². The Bertz CT molecular complexity index is 958. The first-order valence-electron chi connectivity index (χ1n) is 9.52. The second-order valence-electron chi connectivity index (χ2n) is 6.79. The molecule has 0 spiro atoms. The molecule has 7 N–H and O–H groups in total. The largest absolute Gasteiger partial charge is 0.465 e. The van der Waals surface area contributed by atoms with Gasteiger partial charge in [-0.2, -0.15) is 0 Å². The van der Waals surface area contributed by atoms with E-state index in [0.717, 1.165) is 12.1 Å². The van der Waals surface area contributed by atoms with Crippen LogP contribution in [0.2, 0.25) is 0 Å². The molecule has 168 valence electrons. The van der Waals surface area contributed by atoms with Crippen molar-refractivity contribution in [2.75, 3.05) is 23.0 Å². The van der Waals surface area contributed by atoms with E-state index in [4.69, 9.17) is 10.8 Å². The number of nitrogens with two attached hydrogens (primary N) is 1. The number of nitrogens with zero attached hydrogens (tertiary/aromatic N) is 2. The lowest BCUT2D eigenvalue weighted by molar-refractivity contribution is 0.100. The van der Waals surface area contributed by atoms with Gasteiger partial charge in [-0.3, -0.25) is 4.79 Å². The highest BCUT2D eigenvalue weighted by molar-refractivity contribution is 5.98. The SMILES string of the molecule is CCC[C@@H](Nc1nc(Nc2cnc(NC)c(F)c2)c(C(N)=O)cc1F)[C@H](C)NC(=O)O. The molecule has 2 atom stereocenters. The Morgan fingerprint density at radius 1 is 1.19 bits per heavy atom. The second kappa shape index (κ2) is 10.4. The van der Waals surface area contributed by atoms with Gasteiger partial charge in [0, 0.05) is 25.2 Å². The maximum atomic E-state index is 14.6. The number of nitrogens with one attached hydrogen (secondary N) is 4. The van der Waals surface area contributed by atoms with Crippen molar-refractivity contribution in [2.45, 2.75) is 38.8 Å². The second-order valence-corrected chi connectivity index (χ2v) is 6.79. The Hall–Kier alpha value is -3.70. The van der Waals surface area contributed by atoms with Crippen LogP contribution in [0.5, 0.6) is 0 Å². The molecule has 2 heterocycles. The van der Waals surface area contributed by atoms with Crippen molar-refractivity contribution in [3.05, 3.63) is 35.5 Å². The van der Waals surface area contributed by atoms with Crippen LogP contribution in [-0.2, 0) is 0 Å². The molecule has 0 fully saturated rings. The van der Waals surface area contributed by atoms with Crippen LogP contribution in [0.15, 0.2) is 18.3 Å². The van der Waals surface area contributed by atoms with Crippen LogP contribution < -0.4 is 27.0 Å². The Morgan fingerprint density at radius 3 is 2.42 bits per heavy atom. The van der Waals surface area contributed by atoms with E-state index in [2.05, 4.69) is 31.2 Å². The summed E-state index contributed by atoms with van der Waals surface area (Å²) in [5.41, 5.74) is 5.25. The molecular weight excluding hydrogens is 412 g/mol. The molecule has 2 aromatic heterocycles. The van der Waals surface area contributed by atoms with Gasteiger partial charge in [0.1, 0.15) is 5.82 Å². The third-order valence-corrected chi connectivity index (χ3v) is 4.46. The fourth-order valence-corrected chi connectivity index (χ4v) is 2.93. The number of pyridine rings is 2. The number of hydrogen-bond acceptors (Lipinski definition) is 7. The van der Waals surface area contributed by atoms with Gasteiger partial charge in [0.25, 0.3) is 5.91 Å². The summed E-state index contributed by atoms with van der Waals surface area (Å²) in [6.45, 7) is 3.53. The maximum Gasteiger partial charge on any atom is 0.404 e. The average Bonchev–Trinajstić information content (AvgIpc) is 2.69. The summed E-state index contributed by atoms with van der Waals surface area (Å²) >= 11 is 0. The molecule has 2 rings (SSSR count). The topological polar surface area (TPSA) is 154 Å². The van der Waals surface area contributed by atoms with Gasteiger partial charge < -0.3 is 32.1 Å². The molecule has 0 saturated carbocycles. The van der Waals surface area contributed by atoms with Gasteiger partial charge in [-0.1, -0.05) is 13.3 Å². The molecular formula is C19H25F2N7O3. The lowest BCUT2D eigenvalue weighted by Gasteiger charge is -2.26. The van der Waals surface area contributed by atoms with Crippen molar-refractivity contribution in [3.8, 4) is 0 Å². The Kier molecular flexibility index (Phi) is 7.88. The zero-order valence-corrected chi connectivity index (χ0v) is 17.3. The minimum atomic E-state index is -1.21. The molecule has 31 heavy (non-hydrogen) atoms. The molecule has 0 aromatic carbocycles. The quantitative estimate of drug-likeness (QED) is 0.332. The van der Waals surface area contributed by atoms with Gasteiger partial charge in [0.05, 0.1) is 17.4 Å². The number of amides is 2. The van der Waals surface area contributed by atoms with Crippen molar-refractivity contribution < 1.29 is 23.5 Å². The number of carboxylic acid groups (broad SMARTS) is 1. The van der Waals surface area contributed by atoms with E-state index in [0.29, 0.717) is 12.8 Å². The first kappa shape index (κ1) is 23.6. The standard InChI is InChI=1S/C19H25F2N7O3/c1-4-5-14(9(2)25-19(30)31)27-18-13(21)7-11(15(22)29)16(28-18)26-10-6-12(20)17(23-3)24-8-10/h6-9,14,25H,4-5H2,1-3H3,(H2,22,29)(H,23,24)(H,30,31)(H2,26,27,28)/t9-,14+/m0/s1. The maximum absolute atomic E-state index is 14.6. The van der Waals surface area contributed by atoms with Crippen LogP contribution >= 0.6 is 0 Å². The highest BCUT2D eigenvalue weighted by Gasteiger charge is 2.22. The number of anilines is 4. The molecule has 2 aromatic rings. The molecule has 0 aliphatic rings. The van der Waals surface area contributed by atoms with E-state index in [1.54, 1.807) is 6.92 Å². The Morgan fingerprint density at radius 2 is 1.87 bits per heavy atom. The van der Waals surface area contributed by atoms with Crippen LogP contribution in [0.25, 0.3) is 0 Å². The van der Waals surface area contributed by atoms with Crippen molar-refractivity contribution >= 4 is 35.1 Å². The first-order valence-corrected chi connectivity index (χ1v) is 9.52. The monoisotopic (exact) mass is 437 g/mol. The number of aromatic nitrogens is 2. The highest BCUT2D eigenvalue weighted by atomic mass is 19.1. The summed E-state index contributed by atoms with van der Waals surface area (Å²) in [7, 11) is 1.51. The van der Waals surface area contributed by atoms with Crippen molar-refractivity contribution in [2.24, 2.45) is 5.73 Å². The van der Waals surface area contributed by atoms with Gasteiger partial charge in [0.15, 0.2) is 23.3 Å². The lowest BCUT2D eigenvalue weighted by atomic mass is 10.0. The molecule has 0 aliphatic heterocycles. The van der Waals surface area contributed by atoms with Gasteiger partial charge in [0.2, 0.25) is 0 Å². The van der Waals surface area contributed by atoms with Crippen LogP contribution in [0, 0.1) is 11.6 Å². The summed E-state index contributed by atoms with van der Waals surface area (Å²) in [6, 6.07) is 0.993. The molecule has 2 amide bonds. The summed E-state index contributed by atoms with van der Waals surface area (Å²) in [5, 5.41) is 19.5. The number of carbonyl (C=O) groups is 2. The summed E-state index contributed by atoms with van der Waals surface area (Å²) in [5.74, 6) is -2.73. The van der Waals surface area contributed by atoms with Crippen molar-refractivity contribution in [3.63, 3.8) is 0 Å².